The quantitative estimate of drug-likeness (QED) is 0.473. The molecule has 4 aromatic rings. The van der Waals surface area contributed by atoms with E-state index in [-0.39, 0.29) is 17.5 Å². The standard InChI is InChI=1S/C24H22N6O2/c1-2-26-24(32)22-16-25-15-21(29-22)18-5-3-6-19(13-18)23(31)27-14-17-7-9-20(10-8-17)30-12-4-11-28-30/h3-13,15-16H,2,14H2,1H3,(H,26,32)(H,27,31). The fourth-order valence-electron chi connectivity index (χ4n) is 3.16. The van der Waals surface area contributed by atoms with Crippen LogP contribution in [0.3, 0.4) is 0 Å². The van der Waals surface area contributed by atoms with Gasteiger partial charge in [0.1, 0.15) is 5.69 Å². The van der Waals surface area contributed by atoms with Gasteiger partial charge in [-0.05, 0) is 42.8 Å². The minimum Gasteiger partial charge on any atom is -0.351 e. The van der Waals surface area contributed by atoms with Gasteiger partial charge in [0, 0.05) is 36.6 Å². The smallest absolute Gasteiger partial charge is 0.271 e. The molecule has 2 amide bonds. The molecule has 2 aromatic heterocycles. The van der Waals surface area contributed by atoms with Crippen LogP contribution in [0.5, 0.6) is 0 Å². The van der Waals surface area contributed by atoms with Crippen molar-refractivity contribution in [2.24, 2.45) is 0 Å². The van der Waals surface area contributed by atoms with E-state index >= 15 is 0 Å². The summed E-state index contributed by atoms with van der Waals surface area (Å²) in [6.45, 7) is 2.74. The van der Waals surface area contributed by atoms with Crippen molar-refractivity contribution < 1.29 is 9.59 Å². The average molecular weight is 426 g/mol. The maximum Gasteiger partial charge on any atom is 0.271 e. The number of nitrogens with zero attached hydrogens (tertiary/aromatic N) is 4. The number of amides is 2. The van der Waals surface area contributed by atoms with E-state index in [9.17, 15) is 9.59 Å². The second-order valence-corrected chi connectivity index (χ2v) is 7.03. The molecule has 2 heterocycles. The van der Waals surface area contributed by atoms with Gasteiger partial charge in [0.2, 0.25) is 0 Å². The summed E-state index contributed by atoms with van der Waals surface area (Å²) in [6, 6.07) is 16.8. The summed E-state index contributed by atoms with van der Waals surface area (Å²) in [5, 5.41) is 9.84. The van der Waals surface area contributed by atoms with Crippen molar-refractivity contribution in [1.29, 1.82) is 0 Å². The molecule has 0 saturated carbocycles. The zero-order valence-electron chi connectivity index (χ0n) is 17.5. The first-order chi connectivity index (χ1) is 15.6. The van der Waals surface area contributed by atoms with Crippen LogP contribution in [0.4, 0.5) is 0 Å². The van der Waals surface area contributed by atoms with Gasteiger partial charge in [0.25, 0.3) is 11.8 Å². The molecule has 32 heavy (non-hydrogen) atoms. The Morgan fingerprint density at radius 1 is 0.969 bits per heavy atom. The van der Waals surface area contributed by atoms with E-state index in [2.05, 4.69) is 25.7 Å². The first-order valence-corrected chi connectivity index (χ1v) is 10.2. The predicted molar refractivity (Wildman–Crippen MR) is 120 cm³/mol. The van der Waals surface area contributed by atoms with Crippen molar-refractivity contribution in [1.82, 2.24) is 30.4 Å². The number of hydrogen-bond donors (Lipinski definition) is 2. The van der Waals surface area contributed by atoms with E-state index in [0.717, 1.165) is 11.3 Å². The Labute approximate surface area is 185 Å². The van der Waals surface area contributed by atoms with Crippen LogP contribution in [0.25, 0.3) is 16.9 Å². The Morgan fingerprint density at radius 3 is 2.56 bits per heavy atom. The van der Waals surface area contributed by atoms with Gasteiger partial charge in [-0.15, -0.1) is 0 Å². The highest BCUT2D eigenvalue weighted by Gasteiger charge is 2.11. The topological polar surface area (TPSA) is 102 Å². The van der Waals surface area contributed by atoms with Gasteiger partial charge < -0.3 is 10.6 Å². The van der Waals surface area contributed by atoms with E-state index in [0.29, 0.717) is 29.9 Å². The molecule has 0 fully saturated rings. The third-order valence-electron chi connectivity index (χ3n) is 4.78. The summed E-state index contributed by atoms with van der Waals surface area (Å²) >= 11 is 0. The fraction of sp³-hybridized carbons (Fsp3) is 0.125. The predicted octanol–water partition coefficient (Wildman–Crippen LogP) is 3.01. The second-order valence-electron chi connectivity index (χ2n) is 7.03. The van der Waals surface area contributed by atoms with Crippen LogP contribution in [0, 0.1) is 0 Å². The lowest BCUT2D eigenvalue weighted by molar-refractivity contribution is 0.0942. The fourth-order valence-corrected chi connectivity index (χ4v) is 3.16. The van der Waals surface area contributed by atoms with Gasteiger partial charge in [-0.3, -0.25) is 14.6 Å². The van der Waals surface area contributed by atoms with E-state index in [1.54, 1.807) is 35.3 Å². The third-order valence-corrected chi connectivity index (χ3v) is 4.78. The van der Waals surface area contributed by atoms with Crippen molar-refractivity contribution in [2.75, 3.05) is 6.54 Å². The molecule has 0 aliphatic heterocycles. The van der Waals surface area contributed by atoms with Crippen LogP contribution < -0.4 is 10.6 Å². The number of carbonyl (C=O) groups is 2. The van der Waals surface area contributed by atoms with Crippen LogP contribution in [0.1, 0.15) is 33.3 Å². The van der Waals surface area contributed by atoms with Crippen LogP contribution in [-0.2, 0) is 6.54 Å². The van der Waals surface area contributed by atoms with Crippen molar-refractivity contribution in [2.45, 2.75) is 13.5 Å². The number of hydrogen-bond acceptors (Lipinski definition) is 5. The summed E-state index contributed by atoms with van der Waals surface area (Å²) in [5.41, 5.74) is 3.90. The molecule has 0 atom stereocenters. The first kappa shape index (κ1) is 20.9. The van der Waals surface area contributed by atoms with Gasteiger partial charge in [0.05, 0.1) is 23.8 Å². The zero-order valence-corrected chi connectivity index (χ0v) is 17.5. The lowest BCUT2D eigenvalue weighted by Crippen LogP contribution is -2.24. The maximum atomic E-state index is 12.7. The normalized spacial score (nSPS) is 10.5. The number of benzene rings is 2. The van der Waals surface area contributed by atoms with Crippen molar-refractivity contribution >= 4 is 11.8 Å². The summed E-state index contributed by atoms with van der Waals surface area (Å²) in [5.74, 6) is -0.481. The van der Waals surface area contributed by atoms with Crippen molar-refractivity contribution in [3.63, 3.8) is 0 Å². The highest BCUT2D eigenvalue weighted by Crippen LogP contribution is 2.18. The number of carbonyl (C=O) groups excluding carboxylic acids is 2. The van der Waals surface area contributed by atoms with E-state index in [1.165, 1.54) is 6.20 Å². The SMILES string of the molecule is CCNC(=O)c1cncc(-c2cccc(C(=O)NCc3ccc(-n4cccn4)cc3)c2)n1. The van der Waals surface area contributed by atoms with Gasteiger partial charge in [-0.25, -0.2) is 9.67 Å². The molecule has 2 aromatic carbocycles. The van der Waals surface area contributed by atoms with Crippen LogP contribution in [0.15, 0.2) is 79.4 Å². The highest BCUT2D eigenvalue weighted by molar-refractivity contribution is 5.95. The van der Waals surface area contributed by atoms with Crippen LogP contribution in [-0.4, -0.2) is 38.1 Å². The Morgan fingerprint density at radius 2 is 1.81 bits per heavy atom. The first-order valence-electron chi connectivity index (χ1n) is 10.2. The van der Waals surface area contributed by atoms with Crippen LogP contribution in [0.2, 0.25) is 0 Å². The molecule has 0 unspecified atom stereocenters. The summed E-state index contributed by atoms with van der Waals surface area (Å²) in [4.78, 5) is 33.2. The van der Waals surface area contributed by atoms with Gasteiger partial charge >= 0.3 is 0 Å². The molecule has 0 aliphatic carbocycles. The Hall–Kier alpha value is -4.33. The van der Waals surface area contributed by atoms with Gasteiger partial charge in [-0.2, -0.15) is 5.10 Å². The minimum absolute atomic E-state index is 0.198. The molecule has 0 aliphatic rings. The van der Waals surface area contributed by atoms with E-state index in [4.69, 9.17) is 0 Å². The molecule has 0 radical (unpaired) electrons. The summed E-state index contributed by atoms with van der Waals surface area (Å²) in [7, 11) is 0. The largest absolute Gasteiger partial charge is 0.351 e. The molecule has 0 bridgehead atoms. The van der Waals surface area contributed by atoms with E-state index in [1.807, 2.05) is 49.5 Å². The number of nitrogens with one attached hydrogen (secondary N) is 2. The third kappa shape index (κ3) is 4.86. The number of rotatable bonds is 7. The van der Waals surface area contributed by atoms with Crippen LogP contribution >= 0.6 is 0 Å². The molecule has 2 N–H and O–H groups in total. The molecule has 0 saturated heterocycles. The molecule has 4 rings (SSSR count). The van der Waals surface area contributed by atoms with Gasteiger partial charge in [0.15, 0.2) is 0 Å². The Balaban J connectivity index is 1.43. The lowest BCUT2D eigenvalue weighted by Gasteiger charge is -2.09. The molecule has 8 heteroatoms. The van der Waals surface area contributed by atoms with E-state index < -0.39 is 0 Å². The Kier molecular flexibility index (Phi) is 6.31. The zero-order chi connectivity index (χ0) is 22.3. The van der Waals surface area contributed by atoms with Gasteiger partial charge in [-0.1, -0.05) is 24.3 Å². The van der Waals surface area contributed by atoms with Crippen molar-refractivity contribution in [3.05, 3.63) is 96.2 Å². The second kappa shape index (κ2) is 9.65. The monoisotopic (exact) mass is 426 g/mol. The molecular formula is C24H22N6O2. The average Bonchev–Trinajstić information content (AvgIpc) is 3.38. The molecular weight excluding hydrogens is 404 g/mol. The van der Waals surface area contributed by atoms with Crippen molar-refractivity contribution in [3.8, 4) is 16.9 Å². The molecule has 0 spiro atoms. The molecule has 8 nitrogen and oxygen atoms in total. The Bertz CT molecular complexity index is 1220. The maximum absolute atomic E-state index is 12.7. The minimum atomic E-state index is -0.283. The molecule has 160 valence electrons. The summed E-state index contributed by atoms with van der Waals surface area (Å²) in [6.07, 6.45) is 6.59. The number of aromatic nitrogens is 4. The lowest BCUT2D eigenvalue weighted by atomic mass is 10.1. The highest BCUT2D eigenvalue weighted by atomic mass is 16.2. The summed E-state index contributed by atoms with van der Waals surface area (Å²) < 4.78 is 1.78.